The number of benzene rings is 1. The molecule has 0 N–H and O–H groups in total. The van der Waals surface area contributed by atoms with E-state index < -0.39 is 6.04 Å². The average molecular weight is 342 g/mol. The van der Waals surface area contributed by atoms with Gasteiger partial charge in [0, 0.05) is 14.1 Å². The number of urea groups is 1. The first-order valence-electron chi connectivity index (χ1n) is 8.30. The standard InChI is InChI=1S/C17H20N5O3/c1-4-25-12-7-5-11(6-8-12)21-9-10-22-13-14(18-16(21)22)19(2)17(24)20(3)15(13)23/h5-8,13H,4,9-10H2,1-3H3/q+1. The zero-order valence-electron chi connectivity index (χ0n) is 14.5. The summed E-state index contributed by atoms with van der Waals surface area (Å²) in [4.78, 5) is 34.0. The second-order valence-corrected chi connectivity index (χ2v) is 6.18. The number of amidine groups is 1. The molecule has 3 aliphatic rings. The summed E-state index contributed by atoms with van der Waals surface area (Å²) < 4.78 is 7.45. The van der Waals surface area contributed by atoms with Gasteiger partial charge in [-0.05, 0) is 31.2 Å². The Bertz CT molecular complexity index is 814. The molecule has 3 amide bonds. The largest absolute Gasteiger partial charge is 0.494 e. The maximum absolute atomic E-state index is 12.6. The lowest BCUT2D eigenvalue weighted by Gasteiger charge is -2.31. The molecule has 130 valence electrons. The highest BCUT2D eigenvalue weighted by Gasteiger charge is 2.54. The number of amides is 3. The molecule has 8 heteroatoms. The number of rotatable bonds is 3. The number of likely N-dealkylation sites (N-methyl/N-ethyl adjacent to an activating group) is 2. The predicted molar refractivity (Wildman–Crippen MR) is 92.2 cm³/mol. The Balaban J connectivity index is 1.68. The van der Waals surface area contributed by atoms with Gasteiger partial charge in [-0.2, -0.15) is 0 Å². The summed E-state index contributed by atoms with van der Waals surface area (Å²) in [7, 11) is 3.16. The van der Waals surface area contributed by atoms with Crippen LogP contribution in [0.3, 0.4) is 0 Å². The van der Waals surface area contributed by atoms with Crippen LogP contribution in [0.4, 0.5) is 10.5 Å². The number of aliphatic imine (C=N–C) groups is 1. The summed E-state index contributed by atoms with van der Waals surface area (Å²) in [6.45, 7) is 4.00. The molecule has 0 radical (unpaired) electrons. The Morgan fingerprint density at radius 2 is 1.92 bits per heavy atom. The van der Waals surface area contributed by atoms with Gasteiger partial charge in [-0.15, -0.1) is 0 Å². The zero-order valence-corrected chi connectivity index (χ0v) is 14.5. The van der Waals surface area contributed by atoms with E-state index in [4.69, 9.17) is 4.74 Å². The van der Waals surface area contributed by atoms with E-state index in [2.05, 4.69) is 9.89 Å². The van der Waals surface area contributed by atoms with Crippen LogP contribution < -0.4 is 9.64 Å². The molecule has 0 aromatic heterocycles. The molecule has 1 unspecified atom stereocenters. The number of fused-ring (bicyclic) bond motifs is 2. The molecule has 1 aromatic rings. The van der Waals surface area contributed by atoms with Crippen molar-refractivity contribution in [3.05, 3.63) is 24.3 Å². The highest BCUT2D eigenvalue weighted by Crippen LogP contribution is 2.27. The number of carbonyl (C=O) groups excluding carboxylic acids is 2. The van der Waals surface area contributed by atoms with E-state index in [0.29, 0.717) is 24.9 Å². The Hall–Kier alpha value is -2.90. The predicted octanol–water partition coefficient (Wildman–Crippen LogP) is 0.578. The molecule has 1 aromatic carbocycles. The summed E-state index contributed by atoms with van der Waals surface area (Å²) in [5, 5.41) is 0. The lowest BCUT2D eigenvalue weighted by atomic mass is 10.1. The first-order valence-corrected chi connectivity index (χ1v) is 8.30. The van der Waals surface area contributed by atoms with E-state index in [1.807, 2.05) is 35.8 Å². The van der Waals surface area contributed by atoms with Gasteiger partial charge in [0.1, 0.15) is 18.0 Å². The van der Waals surface area contributed by atoms with Crippen LogP contribution in [0.2, 0.25) is 0 Å². The van der Waals surface area contributed by atoms with E-state index >= 15 is 0 Å². The minimum absolute atomic E-state index is 0.231. The summed E-state index contributed by atoms with van der Waals surface area (Å²) in [6, 6.07) is 6.93. The molecule has 0 spiro atoms. The number of ether oxygens (including phenoxy) is 1. The van der Waals surface area contributed by atoms with Gasteiger partial charge in [0.25, 0.3) is 5.91 Å². The molecule has 4 rings (SSSR count). The maximum atomic E-state index is 12.6. The minimum Gasteiger partial charge on any atom is -0.494 e. The quantitative estimate of drug-likeness (QED) is 0.754. The van der Waals surface area contributed by atoms with Crippen LogP contribution in [0.1, 0.15) is 6.92 Å². The molecule has 25 heavy (non-hydrogen) atoms. The van der Waals surface area contributed by atoms with Crippen molar-refractivity contribution < 1.29 is 18.9 Å². The fourth-order valence-electron chi connectivity index (χ4n) is 3.47. The third-order valence-electron chi connectivity index (χ3n) is 4.78. The van der Waals surface area contributed by atoms with Crippen molar-refractivity contribution in [3.8, 4) is 5.75 Å². The fourth-order valence-corrected chi connectivity index (χ4v) is 3.47. The van der Waals surface area contributed by atoms with Crippen molar-refractivity contribution >= 4 is 29.4 Å². The average Bonchev–Trinajstić information content (AvgIpc) is 3.18. The molecular formula is C17H20N5O3+. The van der Waals surface area contributed by atoms with Gasteiger partial charge in [0.15, 0.2) is 0 Å². The van der Waals surface area contributed by atoms with Gasteiger partial charge >= 0.3 is 12.0 Å². The molecule has 1 fully saturated rings. The van der Waals surface area contributed by atoms with Gasteiger partial charge in [-0.3, -0.25) is 14.6 Å². The smallest absolute Gasteiger partial charge is 0.397 e. The normalized spacial score (nSPS) is 22.4. The van der Waals surface area contributed by atoms with Crippen LogP contribution in [0.25, 0.3) is 0 Å². The van der Waals surface area contributed by atoms with Crippen molar-refractivity contribution in [1.29, 1.82) is 0 Å². The number of guanidine groups is 1. The molecule has 8 nitrogen and oxygen atoms in total. The number of hydrogen-bond acceptors (Lipinski definition) is 5. The Morgan fingerprint density at radius 3 is 2.60 bits per heavy atom. The van der Waals surface area contributed by atoms with Crippen LogP contribution in [-0.2, 0) is 4.79 Å². The zero-order chi connectivity index (χ0) is 17.7. The van der Waals surface area contributed by atoms with Crippen LogP contribution in [0.15, 0.2) is 29.3 Å². The maximum Gasteiger partial charge on any atom is 0.397 e. The number of anilines is 1. The van der Waals surface area contributed by atoms with Gasteiger partial charge in [-0.1, -0.05) is 4.99 Å². The summed E-state index contributed by atoms with van der Waals surface area (Å²) in [5.74, 6) is 1.80. The third kappa shape index (κ3) is 2.20. The van der Waals surface area contributed by atoms with Crippen molar-refractivity contribution in [2.75, 3.05) is 38.7 Å². The molecule has 0 saturated carbocycles. The van der Waals surface area contributed by atoms with Gasteiger partial charge in [0.05, 0.1) is 13.2 Å². The van der Waals surface area contributed by atoms with Crippen molar-refractivity contribution in [2.24, 2.45) is 4.99 Å². The lowest BCUT2D eigenvalue weighted by molar-refractivity contribution is -0.525. The minimum atomic E-state index is -0.518. The number of hydrogen-bond donors (Lipinski definition) is 0. The van der Waals surface area contributed by atoms with E-state index in [1.54, 1.807) is 7.05 Å². The molecule has 1 saturated heterocycles. The SMILES string of the molecule is CCOc1ccc(N2CC[N+]3=C2N=C2C3C(=O)N(C)C(=O)N2C)cc1. The first-order chi connectivity index (χ1) is 12.0. The van der Waals surface area contributed by atoms with Crippen LogP contribution in [0.5, 0.6) is 5.75 Å². The second-order valence-electron chi connectivity index (χ2n) is 6.18. The van der Waals surface area contributed by atoms with E-state index in [9.17, 15) is 9.59 Å². The van der Waals surface area contributed by atoms with E-state index in [-0.39, 0.29) is 11.9 Å². The number of nitrogens with zero attached hydrogens (tertiary/aromatic N) is 5. The van der Waals surface area contributed by atoms with Crippen molar-refractivity contribution in [2.45, 2.75) is 13.0 Å². The van der Waals surface area contributed by atoms with Crippen LogP contribution in [0, 0.1) is 0 Å². The Labute approximate surface area is 145 Å². The van der Waals surface area contributed by atoms with Crippen LogP contribution >= 0.6 is 0 Å². The summed E-state index contributed by atoms with van der Waals surface area (Å²) in [5.41, 5.74) is 0.985. The van der Waals surface area contributed by atoms with Crippen molar-refractivity contribution in [3.63, 3.8) is 0 Å². The third-order valence-corrected chi connectivity index (χ3v) is 4.78. The number of carbonyl (C=O) groups is 2. The lowest BCUT2D eigenvalue weighted by Crippen LogP contribution is -2.61. The summed E-state index contributed by atoms with van der Waals surface area (Å²) in [6.07, 6.45) is 0. The molecule has 3 aliphatic heterocycles. The second kappa shape index (κ2) is 5.58. The monoisotopic (exact) mass is 342 g/mol. The Morgan fingerprint density at radius 1 is 1.20 bits per heavy atom. The molecular weight excluding hydrogens is 322 g/mol. The van der Waals surface area contributed by atoms with Gasteiger partial charge in [0.2, 0.25) is 11.9 Å². The summed E-state index contributed by atoms with van der Waals surface area (Å²) >= 11 is 0. The van der Waals surface area contributed by atoms with E-state index in [1.165, 1.54) is 11.9 Å². The molecule has 1 atom stereocenters. The van der Waals surface area contributed by atoms with Gasteiger partial charge in [-0.25, -0.2) is 14.3 Å². The highest BCUT2D eigenvalue weighted by atomic mass is 16.5. The highest BCUT2D eigenvalue weighted by molar-refractivity contribution is 6.24. The van der Waals surface area contributed by atoms with Gasteiger partial charge < -0.3 is 4.74 Å². The molecule has 3 heterocycles. The van der Waals surface area contributed by atoms with Crippen LogP contribution in [-0.4, -0.2) is 77.9 Å². The van der Waals surface area contributed by atoms with E-state index in [0.717, 1.165) is 22.9 Å². The topological polar surface area (TPSA) is 68.5 Å². The first kappa shape index (κ1) is 15.6. The molecule has 0 bridgehead atoms. The fraction of sp³-hybridized carbons (Fsp3) is 0.412. The van der Waals surface area contributed by atoms with Crippen molar-refractivity contribution in [1.82, 2.24) is 9.80 Å². The Kier molecular flexibility index (Phi) is 3.48. The number of imide groups is 1. The molecule has 0 aliphatic carbocycles.